The van der Waals surface area contributed by atoms with Crippen LogP contribution >= 0.6 is 11.8 Å². The molecular weight excluding hydrogens is 464 g/mol. The predicted molar refractivity (Wildman–Crippen MR) is 140 cm³/mol. The molecule has 1 saturated heterocycles. The van der Waals surface area contributed by atoms with Gasteiger partial charge in [-0.25, -0.2) is 9.97 Å². The van der Waals surface area contributed by atoms with Gasteiger partial charge < -0.3 is 25.5 Å². The Bertz CT molecular complexity index is 1080. The summed E-state index contributed by atoms with van der Waals surface area (Å²) >= 11 is 0.976. The zero-order chi connectivity index (χ0) is 24.6. The molecule has 2 aromatic rings. The lowest BCUT2D eigenvalue weighted by Crippen LogP contribution is -2.34. The Hall–Kier alpha value is -2.95. The largest absolute Gasteiger partial charge is 0.472 e. The minimum absolute atomic E-state index is 0.234. The number of dihydropyridines is 1. The second-order valence-corrected chi connectivity index (χ2v) is 9.82. The van der Waals surface area contributed by atoms with Crippen LogP contribution < -0.4 is 16.0 Å². The third-order valence-electron chi connectivity index (χ3n) is 6.17. The van der Waals surface area contributed by atoms with Gasteiger partial charge in [0.15, 0.2) is 6.23 Å². The van der Waals surface area contributed by atoms with Crippen LogP contribution in [0.3, 0.4) is 0 Å². The molecular formula is C25H32N6O3S. The molecule has 35 heavy (non-hydrogen) atoms. The quantitative estimate of drug-likeness (QED) is 0.369. The fourth-order valence-corrected chi connectivity index (χ4v) is 4.83. The predicted octanol–water partition coefficient (Wildman–Crippen LogP) is 3.92. The number of amides is 1. The van der Waals surface area contributed by atoms with Crippen LogP contribution in [0.25, 0.3) is 11.6 Å². The molecule has 0 aromatic carbocycles. The van der Waals surface area contributed by atoms with Gasteiger partial charge in [-0.15, -0.1) is 0 Å². The molecule has 4 N–H and O–H groups in total. The van der Waals surface area contributed by atoms with Crippen molar-refractivity contribution in [2.75, 3.05) is 18.4 Å². The maximum atomic E-state index is 11.4. The zero-order valence-corrected chi connectivity index (χ0v) is 20.8. The number of carbonyl (C=O) groups excluding carboxylic acids is 1. The fourth-order valence-electron chi connectivity index (χ4n) is 4.10. The molecule has 0 bridgehead atoms. The number of aliphatic hydroxyl groups is 1. The van der Waals surface area contributed by atoms with E-state index in [0.29, 0.717) is 28.5 Å². The maximum absolute atomic E-state index is 11.4. The van der Waals surface area contributed by atoms with E-state index in [9.17, 15) is 9.90 Å². The third-order valence-corrected chi connectivity index (χ3v) is 7.05. The first-order chi connectivity index (χ1) is 17.0. The molecule has 9 nitrogen and oxygen atoms in total. The Labute approximate surface area is 209 Å². The average Bonchev–Trinajstić information content (AvgIpc) is 3.50. The number of thioether (sulfide) groups is 1. The lowest BCUT2D eigenvalue weighted by molar-refractivity contribution is 0.192. The monoisotopic (exact) mass is 496 g/mol. The molecule has 2 aromatic heterocycles. The number of anilines is 1. The highest BCUT2D eigenvalue weighted by atomic mass is 32.2. The van der Waals surface area contributed by atoms with E-state index in [0.717, 1.165) is 49.7 Å². The van der Waals surface area contributed by atoms with Crippen molar-refractivity contribution in [1.29, 1.82) is 0 Å². The second kappa shape index (κ2) is 12.1. The van der Waals surface area contributed by atoms with Crippen molar-refractivity contribution in [2.24, 2.45) is 10.9 Å². The lowest BCUT2D eigenvalue weighted by atomic mass is 9.92. The van der Waals surface area contributed by atoms with Gasteiger partial charge in [0.1, 0.15) is 0 Å². The standard InChI is InChI=1S/C25H32N6O3S/c1-3-19(29-24-27-10-6-20(30-24)12-22-23(32)31-25(33)35-22)5-4-16(2)28-14-18-13-26-9-7-21(18)17-8-11-34-15-17/h6-12,15-16,18-19,23,28,32H,3-5,13-14H2,1-2H3,(H,31,33)(H,27,29,30)/b22-12-/t16-,18?,19-,23?/m1/s1. The molecule has 1 amide bonds. The highest BCUT2D eigenvalue weighted by Gasteiger charge is 2.25. The lowest BCUT2D eigenvalue weighted by Gasteiger charge is -2.24. The van der Waals surface area contributed by atoms with Crippen LogP contribution in [-0.4, -0.2) is 57.9 Å². The number of rotatable bonds is 11. The summed E-state index contributed by atoms with van der Waals surface area (Å²) in [5, 5.41) is 19.2. The summed E-state index contributed by atoms with van der Waals surface area (Å²) in [6.07, 6.45) is 12.8. The van der Waals surface area contributed by atoms with E-state index >= 15 is 0 Å². The normalized spacial score (nSPS) is 22.7. The Balaban J connectivity index is 1.26. The van der Waals surface area contributed by atoms with E-state index in [2.05, 4.69) is 50.8 Å². The first-order valence-corrected chi connectivity index (χ1v) is 12.8. The van der Waals surface area contributed by atoms with Crippen LogP contribution in [0.5, 0.6) is 0 Å². The van der Waals surface area contributed by atoms with Gasteiger partial charge in [-0.1, -0.05) is 6.92 Å². The number of aliphatic imine (C=N–C) groups is 1. The van der Waals surface area contributed by atoms with Crippen molar-refractivity contribution in [1.82, 2.24) is 20.6 Å². The molecule has 4 heterocycles. The van der Waals surface area contributed by atoms with E-state index in [1.54, 1.807) is 30.9 Å². The van der Waals surface area contributed by atoms with E-state index in [4.69, 9.17) is 4.42 Å². The van der Waals surface area contributed by atoms with Gasteiger partial charge in [-0.3, -0.25) is 9.79 Å². The Morgan fingerprint density at radius 1 is 1.37 bits per heavy atom. The van der Waals surface area contributed by atoms with Crippen molar-refractivity contribution in [3.63, 3.8) is 0 Å². The minimum Gasteiger partial charge on any atom is -0.472 e. The van der Waals surface area contributed by atoms with E-state index in [1.807, 2.05) is 12.3 Å². The minimum atomic E-state index is -0.983. The number of nitrogens with zero attached hydrogens (tertiary/aromatic N) is 3. The van der Waals surface area contributed by atoms with Gasteiger partial charge in [-0.2, -0.15) is 0 Å². The zero-order valence-electron chi connectivity index (χ0n) is 20.0. The van der Waals surface area contributed by atoms with Gasteiger partial charge in [0.05, 0.1) is 18.2 Å². The fraction of sp³-hybridized carbons (Fsp3) is 0.440. The van der Waals surface area contributed by atoms with E-state index in [1.165, 1.54) is 5.57 Å². The number of nitrogens with one attached hydrogen (secondary N) is 3. The molecule has 4 atom stereocenters. The van der Waals surface area contributed by atoms with Gasteiger partial charge in [0.25, 0.3) is 5.24 Å². The first-order valence-electron chi connectivity index (χ1n) is 12.0. The summed E-state index contributed by atoms with van der Waals surface area (Å²) in [6.45, 7) is 6.00. The van der Waals surface area contributed by atoms with Gasteiger partial charge in [-0.05, 0) is 67.8 Å². The highest BCUT2D eigenvalue weighted by molar-refractivity contribution is 8.17. The molecule has 10 heteroatoms. The van der Waals surface area contributed by atoms with Crippen molar-refractivity contribution in [2.45, 2.75) is 51.4 Å². The Morgan fingerprint density at radius 3 is 3.00 bits per heavy atom. The molecule has 186 valence electrons. The number of furan rings is 1. The number of hydrogen-bond acceptors (Lipinski definition) is 9. The molecule has 0 saturated carbocycles. The summed E-state index contributed by atoms with van der Waals surface area (Å²) < 4.78 is 5.26. The van der Waals surface area contributed by atoms with Crippen LogP contribution in [0.2, 0.25) is 0 Å². The molecule has 0 aliphatic carbocycles. The van der Waals surface area contributed by atoms with Crippen LogP contribution in [0, 0.1) is 5.92 Å². The highest BCUT2D eigenvalue weighted by Crippen LogP contribution is 2.28. The number of allylic oxidation sites excluding steroid dienone is 1. The first kappa shape index (κ1) is 25.2. The van der Waals surface area contributed by atoms with Crippen LogP contribution in [0.15, 0.2) is 51.2 Å². The van der Waals surface area contributed by atoms with Crippen molar-refractivity contribution in [3.05, 3.63) is 53.1 Å². The maximum Gasteiger partial charge on any atom is 0.285 e. The SMILES string of the molecule is CC[C@H](CC[C@@H](C)NCC1CN=CC=C1c1ccoc1)Nc1nccc(/C=C2\SC(=O)NC2O)n1. The van der Waals surface area contributed by atoms with Gasteiger partial charge in [0, 0.05) is 54.0 Å². The molecule has 2 unspecified atom stereocenters. The smallest absolute Gasteiger partial charge is 0.285 e. The van der Waals surface area contributed by atoms with Gasteiger partial charge >= 0.3 is 0 Å². The molecule has 2 aliphatic heterocycles. The van der Waals surface area contributed by atoms with Crippen molar-refractivity contribution < 1.29 is 14.3 Å². The second-order valence-electron chi connectivity index (χ2n) is 8.77. The van der Waals surface area contributed by atoms with Gasteiger partial charge in [0.2, 0.25) is 5.95 Å². The molecule has 2 aliphatic rings. The molecule has 4 rings (SSSR count). The topological polar surface area (TPSA) is 125 Å². The van der Waals surface area contributed by atoms with Crippen LogP contribution in [0.1, 0.15) is 44.4 Å². The number of aliphatic hydroxyl groups excluding tert-OH is 1. The van der Waals surface area contributed by atoms with Crippen molar-refractivity contribution >= 4 is 40.8 Å². The number of carbonyl (C=O) groups is 1. The Kier molecular flexibility index (Phi) is 8.73. The van der Waals surface area contributed by atoms with E-state index in [-0.39, 0.29) is 11.3 Å². The average molecular weight is 497 g/mol. The van der Waals surface area contributed by atoms with Crippen LogP contribution in [0.4, 0.5) is 10.7 Å². The molecule has 0 radical (unpaired) electrons. The number of aromatic nitrogens is 2. The number of hydrogen-bond donors (Lipinski definition) is 4. The van der Waals surface area contributed by atoms with Crippen LogP contribution in [-0.2, 0) is 0 Å². The molecule has 0 spiro atoms. The third kappa shape index (κ3) is 7.03. The summed E-state index contributed by atoms with van der Waals surface area (Å²) in [5.41, 5.74) is 3.02. The summed E-state index contributed by atoms with van der Waals surface area (Å²) in [4.78, 5) is 25.3. The van der Waals surface area contributed by atoms with E-state index < -0.39 is 6.23 Å². The summed E-state index contributed by atoms with van der Waals surface area (Å²) in [6, 6.07) is 4.34. The Morgan fingerprint density at radius 2 is 2.26 bits per heavy atom. The van der Waals surface area contributed by atoms with Crippen molar-refractivity contribution in [3.8, 4) is 0 Å². The summed E-state index contributed by atoms with van der Waals surface area (Å²) in [7, 11) is 0. The summed E-state index contributed by atoms with van der Waals surface area (Å²) in [5.74, 6) is 0.867. The molecule has 1 fully saturated rings.